The summed E-state index contributed by atoms with van der Waals surface area (Å²) in [4.78, 5) is 16.5. The van der Waals surface area contributed by atoms with Gasteiger partial charge < -0.3 is 9.84 Å². The first kappa shape index (κ1) is 12.8. The maximum absolute atomic E-state index is 11.2. The van der Waals surface area contributed by atoms with E-state index >= 15 is 0 Å². The second-order valence-corrected chi connectivity index (χ2v) is 4.74. The standard InChI is InChI=1S/C12H15N3O2S/c1-2-13-10(16)6-3-7-11-14-12(15-17-11)9-5-4-8-18-9/h4-5,8H,2-3,6-7H2,1H3,(H,13,16). The molecular weight excluding hydrogens is 250 g/mol. The summed E-state index contributed by atoms with van der Waals surface area (Å²) in [7, 11) is 0. The van der Waals surface area contributed by atoms with Crippen molar-refractivity contribution < 1.29 is 9.32 Å². The molecule has 6 heteroatoms. The molecule has 1 N–H and O–H groups in total. The molecular formula is C12H15N3O2S. The summed E-state index contributed by atoms with van der Waals surface area (Å²) in [5.41, 5.74) is 0. The van der Waals surface area contributed by atoms with Crippen molar-refractivity contribution in [3.63, 3.8) is 0 Å². The number of amides is 1. The van der Waals surface area contributed by atoms with Crippen molar-refractivity contribution in [1.82, 2.24) is 15.5 Å². The van der Waals surface area contributed by atoms with Crippen molar-refractivity contribution >= 4 is 17.2 Å². The van der Waals surface area contributed by atoms with E-state index in [0.29, 0.717) is 31.1 Å². The lowest BCUT2D eigenvalue weighted by atomic mass is 10.2. The summed E-state index contributed by atoms with van der Waals surface area (Å²) in [6.07, 6.45) is 1.85. The Morgan fingerprint density at radius 1 is 1.56 bits per heavy atom. The summed E-state index contributed by atoms with van der Waals surface area (Å²) >= 11 is 1.58. The number of nitrogens with zero attached hydrogens (tertiary/aromatic N) is 2. The predicted molar refractivity (Wildman–Crippen MR) is 69.2 cm³/mol. The molecule has 5 nitrogen and oxygen atoms in total. The van der Waals surface area contributed by atoms with Gasteiger partial charge in [-0.15, -0.1) is 11.3 Å². The maximum Gasteiger partial charge on any atom is 0.226 e. The van der Waals surface area contributed by atoms with E-state index in [2.05, 4.69) is 15.5 Å². The van der Waals surface area contributed by atoms with Crippen LogP contribution < -0.4 is 5.32 Å². The molecule has 2 rings (SSSR count). The summed E-state index contributed by atoms with van der Waals surface area (Å²) in [5.74, 6) is 1.27. The molecule has 96 valence electrons. The molecule has 0 aliphatic carbocycles. The third-order valence-electron chi connectivity index (χ3n) is 2.38. The van der Waals surface area contributed by atoms with Gasteiger partial charge in [0, 0.05) is 19.4 Å². The average molecular weight is 265 g/mol. The highest BCUT2D eigenvalue weighted by molar-refractivity contribution is 7.13. The van der Waals surface area contributed by atoms with E-state index in [1.54, 1.807) is 11.3 Å². The van der Waals surface area contributed by atoms with Gasteiger partial charge in [-0.05, 0) is 24.8 Å². The smallest absolute Gasteiger partial charge is 0.226 e. The molecule has 0 aliphatic heterocycles. The highest BCUT2D eigenvalue weighted by Gasteiger charge is 2.09. The van der Waals surface area contributed by atoms with Gasteiger partial charge in [0.1, 0.15) is 0 Å². The van der Waals surface area contributed by atoms with E-state index in [4.69, 9.17) is 4.52 Å². The van der Waals surface area contributed by atoms with E-state index in [1.165, 1.54) is 0 Å². The lowest BCUT2D eigenvalue weighted by Crippen LogP contribution is -2.22. The quantitative estimate of drug-likeness (QED) is 0.870. The molecule has 2 aromatic heterocycles. The molecule has 0 unspecified atom stereocenters. The van der Waals surface area contributed by atoms with E-state index in [0.717, 1.165) is 11.3 Å². The van der Waals surface area contributed by atoms with Crippen LogP contribution in [0.25, 0.3) is 10.7 Å². The van der Waals surface area contributed by atoms with Crippen LogP contribution in [-0.4, -0.2) is 22.6 Å². The lowest BCUT2D eigenvalue weighted by Gasteiger charge is -1.99. The molecule has 18 heavy (non-hydrogen) atoms. The van der Waals surface area contributed by atoms with Crippen LogP contribution in [0.1, 0.15) is 25.7 Å². The second-order valence-electron chi connectivity index (χ2n) is 3.80. The van der Waals surface area contributed by atoms with Gasteiger partial charge in [0.05, 0.1) is 4.88 Å². The van der Waals surface area contributed by atoms with Crippen LogP contribution >= 0.6 is 11.3 Å². The molecule has 0 radical (unpaired) electrons. The van der Waals surface area contributed by atoms with Crippen molar-refractivity contribution in [3.05, 3.63) is 23.4 Å². The molecule has 2 aromatic rings. The van der Waals surface area contributed by atoms with Crippen molar-refractivity contribution in [1.29, 1.82) is 0 Å². The van der Waals surface area contributed by atoms with Gasteiger partial charge in [-0.3, -0.25) is 4.79 Å². The van der Waals surface area contributed by atoms with Gasteiger partial charge in [0.2, 0.25) is 17.6 Å². The number of carbonyl (C=O) groups is 1. The van der Waals surface area contributed by atoms with Gasteiger partial charge in [0.15, 0.2) is 0 Å². The molecule has 0 aromatic carbocycles. The molecule has 0 fully saturated rings. The van der Waals surface area contributed by atoms with Crippen LogP contribution in [0, 0.1) is 0 Å². The van der Waals surface area contributed by atoms with Gasteiger partial charge >= 0.3 is 0 Å². The Kier molecular flexibility index (Phi) is 4.46. The fourth-order valence-corrected chi connectivity index (χ4v) is 2.20. The Bertz CT molecular complexity index is 493. The molecule has 0 saturated carbocycles. The Hall–Kier alpha value is -1.69. The fourth-order valence-electron chi connectivity index (χ4n) is 1.55. The topological polar surface area (TPSA) is 68.0 Å². The van der Waals surface area contributed by atoms with Crippen molar-refractivity contribution in [2.24, 2.45) is 0 Å². The minimum absolute atomic E-state index is 0.0653. The summed E-state index contributed by atoms with van der Waals surface area (Å²) in [6.45, 7) is 2.57. The third-order valence-corrected chi connectivity index (χ3v) is 3.24. The summed E-state index contributed by atoms with van der Waals surface area (Å²) in [5, 5.41) is 8.64. The monoisotopic (exact) mass is 265 g/mol. The lowest BCUT2D eigenvalue weighted by molar-refractivity contribution is -0.121. The fraction of sp³-hybridized carbons (Fsp3) is 0.417. The second kappa shape index (κ2) is 6.30. The van der Waals surface area contributed by atoms with Gasteiger partial charge in [0.25, 0.3) is 0 Å². The summed E-state index contributed by atoms with van der Waals surface area (Å²) in [6, 6.07) is 3.90. The predicted octanol–water partition coefficient (Wildman–Crippen LogP) is 2.26. The van der Waals surface area contributed by atoms with Crippen LogP contribution in [0.2, 0.25) is 0 Å². The van der Waals surface area contributed by atoms with Crippen LogP contribution in [0.5, 0.6) is 0 Å². The number of carbonyl (C=O) groups excluding carboxylic acids is 1. The number of aryl methyl sites for hydroxylation is 1. The number of nitrogens with one attached hydrogen (secondary N) is 1. The first-order valence-corrected chi connectivity index (χ1v) is 6.80. The van der Waals surface area contributed by atoms with Crippen LogP contribution in [0.4, 0.5) is 0 Å². The molecule has 0 saturated heterocycles. The molecule has 0 bridgehead atoms. The maximum atomic E-state index is 11.2. The first-order chi connectivity index (χ1) is 8.79. The largest absolute Gasteiger partial charge is 0.356 e. The molecule has 2 heterocycles. The Balaban J connectivity index is 1.82. The van der Waals surface area contributed by atoms with Crippen molar-refractivity contribution in [3.8, 4) is 10.7 Å². The average Bonchev–Trinajstić information content (AvgIpc) is 2.99. The zero-order valence-corrected chi connectivity index (χ0v) is 11.0. The van der Waals surface area contributed by atoms with E-state index in [9.17, 15) is 4.79 Å². The first-order valence-electron chi connectivity index (χ1n) is 5.92. The number of thiophene rings is 1. The zero-order valence-electron chi connectivity index (χ0n) is 10.2. The highest BCUT2D eigenvalue weighted by atomic mass is 32.1. The van der Waals surface area contributed by atoms with Crippen molar-refractivity contribution in [2.75, 3.05) is 6.54 Å². The minimum Gasteiger partial charge on any atom is -0.356 e. The van der Waals surface area contributed by atoms with E-state index < -0.39 is 0 Å². The molecule has 1 amide bonds. The van der Waals surface area contributed by atoms with E-state index in [1.807, 2.05) is 24.4 Å². The normalized spacial score (nSPS) is 10.5. The highest BCUT2D eigenvalue weighted by Crippen LogP contribution is 2.21. The number of aromatic nitrogens is 2. The third kappa shape index (κ3) is 3.40. The van der Waals surface area contributed by atoms with E-state index in [-0.39, 0.29) is 5.91 Å². The van der Waals surface area contributed by atoms with Gasteiger partial charge in [-0.1, -0.05) is 11.2 Å². The van der Waals surface area contributed by atoms with Gasteiger partial charge in [-0.2, -0.15) is 4.98 Å². The summed E-state index contributed by atoms with van der Waals surface area (Å²) < 4.78 is 5.14. The number of hydrogen-bond acceptors (Lipinski definition) is 5. The zero-order chi connectivity index (χ0) is 12.8. The Labute approximate surface area is 109 Å². The SMILES string of the molecule is CCNC(=O)CCCc1nc(-c2cccs2)no1. The van der Waals surface area contributed by atoms with Crippen LogP contribution in [-0.2, 0) is 11.2 Å². The Morgan fingerprint density at radius 3 is 3.17 bits per heavy atom. The van der Waals surface area contributed by atoms with Crippen LogP contribution in [0.3, 0.4) is 0 Å². The minimum atomic E-state index is 0.0653. The van der Waals surface area contributed by atoms with Gasteiger partial charge in [-0.25, -0.2) is 0 Å². The molecule has 0 atom stereocenters. The number of rotatable bonds is 6. The number of hydrogen-bond donors (Lipinski definition) is 1. The molecule has 0 aliphatic rings. The van der Waals surface area contributed by atoms with Crippen molar-refractivity contribution in [2.45, 2.75) is 26.2 Å². The Morgan fingerprint density at radius 2 is 2.44 bits per heavy atom. The molecule has 0 spiro atoms. The van der Waals surface area contributed by atoms with Crippen LogP contribution in [0.15, 0.2) is 22.0 Å².